The normalized spacial score (nSPS) is 12.5. The van der Waals surface area contributed by atoms with Crippen LogP contribution in [0.3, 0.4) is 0 Å². The van der Waals surface area contributed by atoms with Gasteiger partial charge in [-0.2, -0.15) is 0 Å². The van der Waals surface area contributed by atoms with E-state index in [2.05, 4.69) is 15.9 Å². The fraction of sp³-hybridized carbons (Fsp3) is 0.222. The quantitative estimate of drug-likeness (QED) is 0.836. The SMILES string of the molecule is Cc1cc(C(O)C(=O)O)ccc1Br. The van der Waals surface area contributed by atoms with Crippen LogP contribution in [0.2, 0.25) is 0 Å². The highest BCUT2D eigenvalue weighted by molar-refractivity contribution is 9.10. The maximum atomic E-state index is 10.4. The van der Waals surface area contributed by atoms with Gasteiger partial charge in [-0.15, -0.1) is 0 Å². The van der Waals surface area contributed by atoms with Gasteiger partial charge in [0.1, 0.15) is 0 Å². The van der Waals surface area contributed by atoms with Gasteiger partial charge in [0.2, 0.25) is 0 Å². The van der Waals surface area contributed by atoms with Crippen molar-refractivity contribution in [1.82, 2.24) is 0 Å². The Kier molecular flexibility index (Phi) is 3.06. The summed E-state index contributed by atoms with van der Waals surface area (Å²) in [5, 5.41) is 17.7. The van der Waals surface area contributed by atoms with E-state index >= 15 is 0 Å². The zero-order valence-corrected chi connectivity index (χ0v) is 8.58. The summed E-state index contributed by atoms with van der Waals surface area (Å²) in [4.78, 5) is 10.4. The number of aryl methyl sites for hydroxylation is 1. The third-order valence-electron chi connectivity index (χ3n) is 1.73. The van der Waals surface area contributed by atoms with Crippen LogP contribution in [0.25, 0.3) is 0 Å². The largest absolute Gasteiger partial charge is 0.479 e. The third-order valence-corrected chi connectivity index (χ3v) is 2.62. The van der Waals surface area contributed by atoms with Crippen LogP contribution in [-0.2, 0) is 4.79 Å². The molecular weight excluding hydrogens is 236 g/mol. The number of carboxylic acid groups (broad SMARTS) is 1. The van der Waals surface area contributed by atoms with Gasteiger partial charge in [-0.05, 0) is 24.1 Å². The molecule has 0 radical (unpaired) electrons. The van der Waals surface area contributed by atoms with Crippen molar-refractivity contribution in [1.29, 1.82) is 0 Å². The van der Waals surface area contributed by atoms with Crippen LogP contribution in [-0.4, -0.2) is 16.2 Å². The molecule has 0 aliphatic rings. The molecule has 0 bridgehead atoms. The Morgan fingerprint density at radius 3 is 2.62 bits per heavy atom. The summed E-state index contributed by atoms with van der Waals surface area (Å²) in [6, 6.07) is 4.94. The number of carbonyl (C=O) groups is 1. The smallest absolute Gasteiger partial charge is 0.337 e. The molecule has 0 aliphatic carbocycles. The van der Waals surface area contributed by atoms with Gasteiger partial charge in [-0.25, -0.2) is 4.79 Å². The molecule has 1 unspecified atom stereocenters. The van der Waals surface area contributed by atoms with Gasteiger partial charge in [0.25, 0.3) is 0 Å². The molecule has 0 aromatic heterocycles. The summed E-state index contributed by atoms with van der Waals surface area (Å²) >= 11 is 3.29. The second-order valence-corrected chi connectivity index (χ2v) is 3.60. The van der Waals surface area contributed by atoms with Crippen molar-refractivity contribution < 1.29 is 15.0 Å². The predicted octanol–water partition coefficient (Wildman–Crippen LogP) is 1.88. The Hall–Kier alpha value is -0.870. The molecule has 0 saturated heterocycles. The maximum absolute atomic E-state index is 10.4. The van der Waals surface area contributed by atoms with Crippen molar-refractivity contribution in [2.24, 2.45) is 0 Å². The summed E-state index contributed by atoms with van der Waals surface area (Å²) in [7, 11) is 0. The Bertz CT molecular complexity index is 336. The minimum atomic E-state index is -1.44. The molecule has 1 rings (SSSR count). The number of aliphatic hydroxyl groups is 1. The molecule has 1 aromatic carbocycles. The molecule has 0 aliphatic heterocycles. The predicted molar refractivity (Wildman–Crippen MR) is 51.5 cm³/mol. The van der Waals surface area contributed by atoms with Crippen molar-refractivity contribution >= 4 is 21.9 Å². The van der Waals surface area contributed by atoms with Crippen molar-refractivity contribution in [2.75, 3.05) is 0 Å². The first-order valence-electron chi connectivity index (χ1n) is 3.69. The van der Waals surface area contributed by atoms with E-state index in [4.69, 9.17) is 5.11 Å². The van der Waals surface area contributed by atoms with Crippen LogP contribution in [0, 0.1) is 6.92 Å². The molecule has 70 valence electrons. The molecule has 1 atom stereocenters. The highest BCUT2D eigenvalue weighted by Gasteiger charge is 2.15. The molecule has 0 heterocycles. The van der Waals surface area contributed by atoms with E-state index in [-0.39, 0.29) is 0 Å². The van der Waals surface area contributed by atoms with Gasteiger partial charge < -0.3 is 10.2 Å². The average Bonchev–Trinajstić information content (AvgIpc) is 2.08. The van der Waals surface area contributed by atoms with Crippen LogP contribution in [0.1, 0.15) is 17.2 Å². The summed E-state index contributed by atoms with van der Waals surface area (Å²) < 4.78 is 0.897. The lowest BCUT2D eigenvalue weighted by Gasteiger charge is -2.07. The van der Waals surface area contributed by atoms with Crippen LogP contribution >= 0.6 is 15.9 Å². The fourth-order valence-corrected chi connectivity index (χ4v) is 1.23. The number of halogens is 1. The van der Waals surface area contributed by atoms with Crippen molar-refractivity contribution in [3.05, 3.63) is 33.8 Å². The average molecular weight is 245 g/mol. The topological polar surface area (TPSA) is 57.5 Å². The molecule has 2 N–H and O–H groups in total. The van der Waals surface area contributed by atoms with Gasteiger partial charge >= 0.3 is 5.97 Å². The Morgan fingerprint density at radius 2 is 2.15 bits per heavy atom. The first kappa shape index (κ1) is 10.2. The zero-order valence-electron chi connectivity index (χ0n) is 6.99. The number of benzene rings is 1. The molecule has 13 heavy (non-hydrogen) atoms. The fourth-order valence-electron chi connectivity index (χ4n) is 0.981. The Labute approximate surface area is 84.1 Å². The van der Waals surface area contributed by atoms with Crippen LogP contribution in [0.5, 0.6) is 0 Å². The third kappa shape index (κ3) is 2.29. The second kappa shape index (κ2) is 3.89. The number of hydrogen-bond donors (Lipinski definition) is 2. The minimum absolute atomic E-state index is 0.396. The van der Waals surface area contributed by atoms with E-state index in [1.54, 1.807) is 18.2 Å². The summed E-state index contributed by atoms with van der Waals surface area (Å²) in [5.41, 5.74) is 1.30. The van der Waals surface area contributed by atoms with E-state index in [1.807, 2.05) is 6.92 Å². The van der Waals surface area contributed by atoms with Gasteiger partial charge in [-0.1, -0.05) is 28.1 Å². The molecule has 0 saturated carbocycles. The Morgan fingerprint density at radius 1 is 1.54 bits per heavy atom. The zero-order chi connectivity index (χ0) is 10.0. The second-order valence-electron chi connectivity index (χ2n) is 2.75. The highest BCUT2D eigenvalue weighted by atomic mass is 79.9. The summed E-state index contributed by atoms with van der Waals surface area (Å²) in [5.74, 6) is -1.23. The molecule has 4 heteroatoms. The van der Waals surface area contributed by atoms with E-state index in [0.717, 1.165) is 10.0 Å². The van der Waals surface area contributed by atoms with E-state index < -0.39 is 12.1 Å². The van der Waals surface area contributed by atoms with E-state index in [0.29, 0.717) is 5.56 Å². The van der Waals surface area contributed by atoms with Gasteiger partial charge in [-0.3, -0.25) is 0 Å². The molecule has 0 fully saturated rings. The molecule has 1 aromatic rings. The van der Waals surface area contributed by atoms with Crippen LogP contribution in [0.15, 0.2) is 22.7 Å². The lowest BCUT2D eigenvalue weighted by molar-refractivity contribution is -0.146. The van der Waals surface area contributed by atoms with Crippen molar-refractivity contribution in [2.45, 2.75) is 13.0 Å². The number of carboxylic acids is 1. The maximum Gasteiger partial charge on any atom is 0.337 e. The van der Waals surface area contributed by atoms with Crippen LogP contribution in [0.4, 0.5) is 0 Å². The van der Waals surface area contributed by atoms with Crippen molar-refractivity contribution in [3.63, 3.8) is 0 Å². The van der Waals surface area contributed by atoms with Crippen molar-refractivity contribution in [3.8, 4) is 0 Å². The number of hydrogen-bond acceptors (Lipinski definition) is 2. The molecular formula is C9H9BrO3. The summed E-state index contributed by atoms with van der Waals surface area (Å²) in [6.45, 7) is 1.84. The highest BCUT2D eigenvalue weighted by Crippen LogP contribution is 2.21. The van der Waals surface area contributed by atoms with Gasteiger partial charge in [0, 0.05) is 4.47 Å². The number of aliphatic hydroxyl groups excluding tert-OH is 1. The first-order valence-corrected chi connectivity index (χ1v) is 4.48. The van der Waals surface area contributed by atoms with Gasteiger partial charge in [0.05, 0.1) is 0 Å². The molecule has 0 amide bonds. The van der Waals surface area contributed by atoms with Crippen LogP contribution < -0.4 is 0 Å². The lowest BCUT2D eigenvalue weighted by atomic mass is 10.1. The minimum Gasteiger partial charge on any atom is -0.479 e. The summed E-state index contributed by atoms with van der Waals surface area (Å²) in [6.07, 6.45) is -1.44. The monoisotopic (exact) mass is 244 g/mol. The van der Waals surface area contributed by atoms with E-state index in [9.17, 15) is 9.90 Å². The Balaban J connectivity index is 3.03. The van der Waals surface area contributed by atoms with E-state index in [1.165, 1.54) is 0 Å². The number of aliphatic carboxylic acids is 1. The standard InChI is InChI=1S/C9H9BrO3/c1-5-4-6(2-3-7(5)10)8(11)9(12)13/h2-4,8,11H,1H3,(H,12,13). The lowest BCUT2D eigenvalue weighted by Crippen LogP contribution is -2.10. The first-order chi connectivity index (χ1) is 6.02. The number of rotatable bonds is 2. The van der Waals surface area contributed by atoms with Gasteiger partial charge in [0.15, 0.2) is 6.10 Å². The molecule has 0 spiro atoms. The molecule has 3 nitrogen and oxygen atoms in total.